The first-order valence-electron chi connectivity index (χ1n) is 8.67. The van der Waals surface area contributed by atoms with Crippen LogP contribution in [0.5, 0.6) is 0 Å². The van der Waals surface area contributed by atoms with Crippen molar-refractivity contribution in [1.82, 2.24) is 9.88 Å². The summed E-state index contributed by atoms with van der Waals surface area (Å²) in [6, 6.07) is 6.06. The van der Waals surface area contributed by atoms with E-state index in [4.69, 9.17) is 9.15 Å². The molecule has 0 aliphatic carbocycles. The first kappa shape index (κ1) is 17.7. The molecule has 2 aliphatic heterocycles. The van der Waals surface area contributed by atoms with E-state index >= 15 is 0 Å². The van der Waals surface area contributed by atoms with Gasteiger partial charge in [-0.2, -0.15) is 8.42 Å². The number of esters is 1. The number of carbonyl (C=O) groups is 1. The molecule has 1 aromatic heterocycles. The van der Waals surface area contributed by atoms with Crippen molar-refractivity contribution in [2.75, 3.05) is 6.54 Å². The van der Waals surface area contributed by atoms with Gasteiger partial charge < -0.3 is 14.1 Å². The number of hydrogen-bond donors (Lipinski definition) is 0. The molecule has 0 saturated carbocycles. The summed E-state index contributed by atoms with van der Waals surface area (Å²) in [6.07, 6.45) is 1.32. The number of rotatable bonds is 3. The van der Waals surface area contributed by atoms with Crippen LogP contribution in [0.15, 0.2) is 38.0 Å². The number of oxazole rings is 1. The summed E-state index contributed by atoms with van der Waals surface area (Å²) in [5.41, 5.74) is 1.28. The molecule has 1 saturated heterocycles. The molecule has 142 valence electrons. The van der Waals surface area contributed by atoms with E-state index in [1.54, 1.807) is 30.0 Å². The summed E-state index contributed by atoms with van der Waals surface area (Å²) in [6.45, 7) is 4.10. The summed E-state index contributed by atoms with van der Waals surface area (Å²) < 4.78 is 39.3. The minimum Gasteiger partial charge on any atom is -0.454 e. The molecule has 2 aliphatic rings. The third-order valence-corrected chi connectivity index (χ3v) is 6.15. The zero-order valence-corrected chi connectivity index (χ0v) is 15.8. The van der Waals surface area contributed by atoms with E-state index in [1.165, 1.54) is 6.07 Å². The van der Waals surface area contributed by atoms with Gasteiger partial charge >= 0.3 is 5.97 Å². The number of likely N-dealkylation sites (tertiary alicyclic amines) is 1. The fourth-order valence-electron chi connectivity index (χ4n) is 3.39. The smallest absolute Gasteiger partial charge is 0.329 e. The molecule has 0 radical (unpaired) electrons. The highest BCUT2D eigenvalue weighted by molar-refractivity contribution is 7.90. The maximum Gasteiger partial charge on any atom is 0.329 e. The molecule has 1 fully saturated rings. The Morgan fingerprint density at radius 3 is 2.85 bits per heavy atom. The van der Waals surface area contributed by atoms with Crippen molar-refractivity contribution in [3.63, 3.8) is 0 Å². The summed E-state index contributed by atoms with van der Waals surface area (Å²) in [5, 5.41) is 0. The molecule has 1 aromatic carbocycles. The summed E-state index contributed by atoms with van der Waals surface area (Å²) >= 11 is 0. The molecular weight excluding hydrogens is 370 g/mol. The van der Waals surface area contributed by atoms with E-state index in [-0.39, 0.29) is 11.5 Å². The number of sulfonamides is 1. The standard InChI is InChI=1S/C18H19N3O5S/c1-11-12(2)26-16(19-11)10-25-18(22)14-7-5-9-21(14)17-13-6-3-4-8-15(13)27(23,24)20-17/h3-4,6,8,14H,5,7,9-10H2,1-2H3/t14-/m0/s1. The van der Waals surface area contributed by atoms with E-state index in [0.29, 0.717) is 36.0 Å². The molecule has 0 amide bonds. The van der Waals surface area contributed by atoms with Crippen LogP contribution in [0.4, 0.5) is 0 Å². The zero-order valence-electron chi connectivity index (χ0n) is 15.0. The highest BCUT2D eigenvalue weighted by Gasteiger charge is 2.40. The number of ether oxygens (including phenoxy) is 1. The quantitative estimate of drug-likeness (QED) is 0.739. The van der Waals surface area contributed by atoms with E-state index in [0.717, 1.165) is 12.1 Å². The predicted octanol–water partition coefficient (Wildman–Crippen LogP) is 1.95. The normalized spacial score (nSPS) is 20.4. The number of carbonyl (C=O) groups excluding carboxylic acids is 1. The van der Waals surface area contributed by atoms with Gasteiger partial charge in [0.05, 0.1) is 5.69 Å². The van der Waals surface area contributed by atoms with Crippen LogP contribution in [0.1, 0.15) is 35.7 Å². The van der Waals surface area contributed by atoms with Crippen molar-refractivity contribution in [1.29, 1.82) is 0 Å². The first-order valence-corrected chi connectivity index (χ1v) is 10.1. The Kier molecular flexibility index (Phi) is 4.26. The van der Waals surface area contributed by atoms with Crippen LogP contribution in [-0.2, 0) is 26.2 Å². The van der Waals surface area contributed by atoms with Crippen molar-refractivity contribution in [3.8, 4) is 0 Å². The van der Waals surface area contributed by atoms with Gasteiger partial charge in [-0.15, -0.1) is 4.40 Å². The maximum absolute atomic E-state index is 12.6. The number of nitrogens with zero attached hydrogens (tertiary/aromatic N) is 3. The Morgan fingerprint density at radius 1 is 1.33 bits per heavy atom. The lowest BCUT2D eigenvalue weighted by atomic mass is 10.1. The minimum atomic E-state index is -3.73. The Balaban J connectivity index is 1.53. The van der Waals surface area contributed by atoms with E-state index in [1.807, 2.05) is 6.92 Å². The fraction of sp³-hybridized carbons (Fsp3) is 0.389. The van der Waals surface area contributed by atoms with Gasteiger partial charge in [0.2, 0.25) is 5.89 Å². The van der Waals surface area contributed by atoms with Crippen molar-refractivity contribution >= 4 is 21.8 Å². The second-order valence-electron chi connectivity index (χ2n) is 6.59. The first-order chi connectivity index (χ1) is 12.9. The SMILES string of the molecule is Cc1nc(COC(=O)[C@@H]2CCCN2C2=NS(=O)(=O)c3ccccc32)oc1C. The van der Waals surface area contributed by atoms with Gasteiger partial charge in [-0.3, -0.25) is 0 Å². The number of benzene rings is 1. The van der Waals surface area contributed by atoms with Crippen LogP contribution >= 0.6 is 0 Å². The third kappa shape index (κ3) is 3.12. The van der Waals surface area contributed by atoms with Gasteiger partial charge in [-0.1, -0.05) is 12.1 Å². The molecule has 0 bridgehead atoms. The van der Waals surface area contributed by atoms with Crippen LogP contribution in [-0.4, -0.2) is 42.7 Å². The van der Waals surface area contributed by atoms with E-state index in [9.17, 15) is 13.2 Å². The van der Waals surface area contributed by atoms with Crippen LogP contribution < -0.4 is 0 Å². The number of amidine groups is 1. The second kappa shape index (κ2) is 6.49. The monoisotopic (exact) mass is 389 g/mol. The lowest BCUT2D eigenvalue weighted by Gasteiger charge is -2.24. The average molecular weight is 389 g/mol. The molecule has 8 nitrogen and oxygen atoms in total. The van der Waals surface area contributed by atoms with E-state index in [2.05, 4.69) is 9.38 Å². The number of aryl methyl sites for hydroxylation is 2. The Labute approximate surface area is 156 Å². The van der Waals surface area contributed by atoms with Crippen molar-refractivity contribution in [3.05, 3.63) is 47.2 Å². The van der Waals surface area contributed by atoms with E-state index < -0.39 is 22.0 Å². The number of hydrogen-bond acceptors (Lipinski definition) is 7. The van der Waals surface area contributed by atoms with Crippen LogP contribution in [0.3, 0.4) is 0 Å². The van der Waals surface area contributed by atoms with Crippen LogP contribution in [0.25, 0.3) is 0 Å². The lowest BCUT2D eigenvalue weighted by molar-refractivity contribution is -0.149. The van der Waals surface area contributed by atoms with Gasteiger partial charge in [0.25, 0.3) is 10.0 Å². The van der Waals surface area contributed by atoms with Crippen LogP contribution in [0.2, 0.25) is 0 Å². The molecule has 0 unspecified atom stereocenters. The Morgan fingerprint density at radius 2 is 2.11 bits per heavy atom. The van der Waals surface area contributed by atoms with Gasteiger partial charge in [0, 0.05) is 12.1 Å². The maximum atomic E-state index is 12.6. The van der Waals surface area contributed by atoms with Crippen molar-refractivity contribution in [2.24, 2.45) is 4.40 Å². The van der Waals surface area contributed by atoms with Gasteiger partial charge in [-0.25, -0.2) is 9.78 Å². The summed E-state index contributed by atoms with van der Waals surface area (Å²) in [7, 11) is -3.73. The highest BCUT2D eigenvalue weighted by atomic mass is 32.2. The molecule has 3 heterocycles. The molecule has 2 aromatic rings. The van der Waals surface area contributed by atoms with Crippen molar-refractivity contribution < 1.29 is 22.4 Å². The molecule has 27 heavy (non-hydrogen) atoms. The molecule has 0 spiro atoms. The number of fused-ring (bicyclic) bond motifs is 1. The molecular formula is C18H19N3O5S. The zero-order chi connectivity index (χ0) is 19.2. The lowest BCUT2D eigenvalue weighted by Crippen LogP contribution is -2.41. The fourth-order valence-corrected chi connectivity index (χ4v) is 4.61. The molecule has 1 atom stereocenters. The summed E-state index contributed by atoms with van der Waals surface area (Å²) in [5.74, 6) is 0.901. The minimum absolute atomic E-state index is 0.0563. The largest absolute Gasteiger partial charge is 0.454 e. The molecule has 0 N–H and O–H groups in total. The average Bonchev–Trinajstić information content (AvgIpc) is 3.31. The second-order valence-corrected chi connectivity index (χ2v) is 8.17. The van der Waals surface area contributed by atoms with Crippen molar-refractivity contribution in [2.45, 2.75) is 44.2 Å². The molecule has 4 rings (SSSR count). The third-order valence-electron chi connectivity index (χ3n) is 4.82. The van der Waals surface area contributed by atoms with Gasteiger partial charge in [-0.05, 0) is 38.8 Å². The predicted molar refractivity (Wildman–Crippen MR) is 95.7 cm³/mol. The Bertz CT molecular complexity index is 1020. The summed E-state index contributed by atoms with van der Waals surface area (Å²) in [4.78, 5) is 18.7. The van der Waals surface area contributed by atoms with Gasteiger partial charge in [0.1, 0.15) is 16.7 Å². The molecule has 9 heteroatoms. The van der Waals surface area contributed by atoms with Gasteiger partial charge in [0.15, 0.2) is 12.4 Å². The Hall–Kier alpha value is -2.68. The number of aromatic nitrogens is 1. The topological polar surface area (TPSA) is 102 Å². The van der Waals surface area contributed by atoms with Crippen LogP contribution in [0, 0.1) is 13.8 Å². The highest BCUT2D eigenvalue weighted by Crippen LogP contribution is 2.31.